The summed E-state index contributed by atoms with van der Waals surface area (Å²) < 4.78 is 5.67. The van der Waals surface area contributed by atoms with Crippen LogP contribution in [0.4, 0.5) is 5.95 Å². The third-order valence-corrected chi connectivity index (χ3v) is 4.50. The minimum Gasteiger partial charge on any atom is -0.444 e. The van der Waals surface area contributed by atoms with E-state index in [2.05, 4.69) is 25.2 Å². The lowest BCUT2D eigenvalue weighted by Gasteiger charge is -2.31. The fourth-order valence-electron chi connectivity index (χ4n) is 2.79. The van der Waals surface area contributed by atoms with Crippen LogP contribution >= 0.6 is 11.6 Å². The van der Waals surface area contributed by atoms with Crippen molar-refractivity contribution in [1.82, 2.24) is 19.9 Å². The zero-order valence-corrected chi connectivity index (χ0v) is 14.3. The molecule has 2 aromatic heterocycles. The Morgan fingerprint density at radius 1 is 1.26 bits per heavy atom. The minimum absolute atomic E-state index is 0.556. The van der Waals surface area contributed by atoms with E-state index in [9.17, 15) is 0 Å². The maximum absolute atomic E-state index is 5.78. The first-order chi connectivity index (χ1) is 11.1. The van der Waals surface area contributed by atoms with Crippen LogP contribution in [0.15, 0.2) is 16.8 Å². The molecule has 1 fully saturated rings. The molecule has 1 saturated heterocycles. The van der Waals surface area contributed by atoms with Crippen molar-refractivity contribution in [2.75, 3.05) is 25.0 Å². The van der Waals surface area contributed by atoms with E-state index in [0.717, 1.165) is 56.4 Å². The lowest BCUT2D eigenvalue weighted by Crippen LogP contribution is -2.35. The lowest BCUT2D eigenvalue weighted by molar-refractivity contribution is 0.167. The molecule has 0 aliphatic carbocycles. The van der Waals surface area contributed by atoms with Crippen molar-refractivity contribution >= 4 is 17.5 Å². The molecule has 124 valence electrons. The number of aromatic nitrogens is 3. The fraction of sp³-hybridized carbons (Fsp3) is 0.562. The van der Waals surface area contributed by atoms with E-state index in [1.165, 1.54) is 0 Å². The van der Waals surface area contributed by atoms with Gasteiger partial charge in [-0.2, -0.15) is 0 Å². The fourth-order valence-corrected chi connectivity index (χ4v) is 2.88. The van der Waals surface area contributed by atoms with Gasteiger partial charge in [0.05, 0.1) is 29.7 Å². The number of aryl methyl sites for hydroxylation is 2. The van der Waals surface area contributed by atoms with Gasteiger partial charge in [-0.1, -0.05) is 11.6 Å². The number of nitrogens with zero attached hydrogens (tertiary/aromatic N) is 4. The van der Waals surface area contributed by atoms with Crippen LogP contribution in [-0.4, -0.2) is 39.5 Å². The van der Waals surface area contributed by atoms with Crippen LogP contribution in [0, 0.1) is 19.8 Å². The van der Waals surface area contributed by atoms with Crippen LogP contribution in [0.25, 0.3) is 0 Å². The highest BCUT2D eigenvalue weighted by atomic mass is 35.5. The van der Waals surface area contributed by atoms with E-state index in [4.69, 9.17) is 16.0 Å². The molecule has 1 aliphatic heterocycles. The average molecular weight is 336 g/mol. The standard InChI is InChI=1S/C16H22ClN5O/c1-11-12(2)23-15(21-11)10-22-5-3-13(4-6-22)7-18-16-19-8-14(17)9-20-16/h8-9,13H,3-7,10H2,1-2H3,(H,18,19,20). The Kier molecular flexibility index (Phi) is 5.13. The molecule has 0 radical (unpaired) electrons. The number of piperidine rings is 1. The van der Waals surface area contributed by atoms with Crippen LogP contribution in [0.1, 0.15) is 30.2 Å². The van der Waals surface area contributed by atoms with Crippen molar-refractivity contribution in [2.24, 2.45) is 5.92 Å². The van der Waals surface area contributed by atoms with Crippen molar-refractivity contribution in [3.63, 3.8) is 0 Å². The first kappa shape index (κ1) is 16.2. The molecule has 1 N–H and O–H groups in total. The summed E-state index contributed by atoms with van der Waals surface area (Å²) in [7, 11) is 0. The first-order valence-corrected chi connectivity index (χ1v) is 8.34. The molecular formula is C16H22ClN5O. The van der Waals surface area contributed by atoms with E-state index in [0.29, 0.717) is 16.9 Å². The smallest absolute Gasteiger partial charge is 0.222 e. The number of anilines is 1. The molecule has 7 heteroatoms. The number of hydrogen-bond donors (Lipinski definition) is 1. The normalized spacial score (nSPS) is 16.7. The quantitative estimate of drug-likeness (QED) is 0.905. The third-order valence-electron chi connectivity index (χ3n) is 4.31. The predicted molar refractivity (Wildman–Crippen MR) is 89.5 cm³/mol. The lowest BCUT2D eigenvalue weighted by atomic mass is 9.97. The molecule has 0 aromatic carbocycles. The second kappa shape index (κ2) is 7.27. The molecular weight excluding hydrogens is 314 g/mol. The molecule has 1 aliphatic rings. The molecule has 0 unspecified atom stereocenters. The SMILES string of the molecule is Cc1nc(CN2CCC(CNc3ncc(Cl)cn3)CC2)oc1C. The summed E-state index contributed by atoms with van der Waals surface area (Å²) in [6, 6.07) is 0. The van der Waals surface area contributed by atoms with Crippen molar-refractivity contribution < 1.29 is 4.42 Å². The summed E-state index contributed by atoms with van der Waals surface area (Å²) in [5, 5.41) is 3.84. The molecule has 0 spiro atoms. The highest BCUT2D eigenvalue weighted by molar-refractivity contribution is 6.30. The first-order valence-electron chi connectivity index (χ1n) is 7.97. The zero-order valence-electron chi connectivity index (χ0n) is 13.5. The molecule has 23 heavy (non-hydrogen) atoms. The Labute approximate surface area is 141 Å². The van der Waals surface area contributed by atoms with Gasteiger partial charge in [-0.05, 0) is 45.7 Å². The number of oxazole rings is 1. The van der Waals surface area contributed by atoms with Crippen LogP contribution in [-0.2, 0) is 6.54 Å². The van der Waals surface area contributed by atoms with Gasteiger partial charge in [-0.3, -0.25) is 4.90 Å². The van der Waals surface area contributed by atoms with E-state index in [-0.39, 0.29) is 0 Å². The van der Waals surface area contributed by atoms with Crippen molar-refractivity contribution in [3.05, 3.63) is 34.8 Å². The van der Waals surface area contributed by atoms with E-state index >= 15 is 0 Å². The van der Waals surface area contributed by atoms with Gasteiger partial charge in [0, 0.05) is 6.54 Å². The highest BCUT2D eigenvalue weighted by Gasteiger charge is 2.21. The molecule has 0 saturated carbocycles. The average Bonchev–Trinajstić information content (AvgIpc) is 2.86. The van der Waals surface area contributed by atoms with Gasteiger partial charge in [-0.25, -0.2) is 15.0 Å². The van der Waals surface area contributed by atoms with Gasteiger partial charge in [-0.15, -0.1) is 0 Å². The maximum atomic E-state index is 5.78. The van der Waals surface area contributed by atoms with Gasteiger partial charge < -0.3 is 9.73 Å². The second-order valence-electron chi connectivity index (χ2n) is 6.07. The molecule has 3 rings (SSSR count). The van der Waals surface area contributed by atoms with E-state index in [1.54, 1.807) is 12.4 Å². The summed E-state index contributed by atoms with van der Waals surface area (Å²) in [4.78, 5) is 15.2. The summed E-state index contributed by atoms with van der Waals surface area (Å²) in [6.07, 6.45) is 5.53. The number of halogens is 1. The van der Waals surface area contributed by atoms with Gasteiger partial charge in [0.2, 0.25) is 11.8 Å². The maximum Gasteiger partial charge on any atom is 0.222 e. The zero-order chi connectivity index (χ0) is 16.2. The Balaban J connectivity index is 1.42. The number of rotatable bonds is 5. The van der Waals surface area contributed by atoms with Crippen LogP contribution in [0.3, 0.4) is 0 Å². The van der Waals surface area contributed by atoms with Gasteiger partial charge in [0.15, 0.2) is 0 Å². The largest absolute Gasteiger partial charge is 0.444 e. The van der Waals surface area contributed by atoms with Crippen LogP contribution in [0.5, 0.6) is 0 Å². The predicted octanol–water partition coefficient (Wildman–Crippen LogP) is 3.06. The Morgan fingerprint density at radius 2 is 1.96 bits per heavy atom. The van der Waals surface area contributed by atoms with Crippen LogP contribution in [0.2, 0.25) is 5.02 Å². The Morgan fingerprint density at radius 3 is 2.57 bits per heavy atom. The third kappa shape index (κ3) is 4.42. The summed E-state index contributed by atoms with van der Waals surface area (Å²) in [5.41, 5.74) is 0.988. The highest BCUT2D eigenvalue weighted by Crippen LogP contribution is 2.20. The topological polar surface area (TPSA) is 67.1 Å². The van der Waals surface area contributed by atoms with Crippen molar-refractivity contribution in [3.8, 4) is 0 Å². The van der Waals surface area contributed by atoms with Crippen molar-refractivity contribution in [1.29, 1.82) is 0 Å². The Hall–Kier alpha value is -1.66. The van der Waals surface area contributed by atoms with Gasteiger partial charge in [0.25, 0.3) is 0 Å². The Bertz CT molecular complexity index is 615. The van der Waals surface area contributed by atoms with Crippen molar-refractivity contribution in [2.45, 2.75) is 33.2 Å². The molecule has 2 aromatic rings. The molecule has 3 heterocycles. The molecule has 0 amide bonds. The molecule has 0 atom stereocenters. The summed E-state index contributed by atoms with van der Waals surface area (Å²) in [5.74, 6) is 3.02. The summed E-state index contributed by atoms with van der Waals surface area (Å²) in [6.45, 7) is 7.77. The number of nitrogens with one attached hydrogen (secondary N) is 1. The van der Waals surface area contributed by atoms with Crippen LogP contribution < -0.4 is 5.32 Å². The van der Waals surface area contributed by atoms with Gasteiger partial charge in [0.1, 0.15) is 5.76 Å². The second-order valence-corrected chi connectivity index (χ2v) is 6.51. The monoisotopic (exact) mass is 335 g/mol. The van der Waals surface area contributed by atoms with E-state index < -0.39 is 0 Å². The number of likely N-dealkylation sites (tertiary alicyclic amines) is 1. The van der Waals surface area contributed by atoms with E-state index in [1.807, 2.05) is 13.8 Å². The molecule has 0 bridgehead atoms. The number of hydrogen-bond acceptors (Lipinski definition) is 6. The molecule has 6 nitrogen and oxygen atoms in total. The minimum atomic E-state index is 0.556. The van der Waals surface area contributed by atoms with Gasteiger partial charge >= 0.3 is 0 Å². The summed E-state index contributed by atoms with van der Waals surface area (Å²) >= 11 is 5.78.